The van der Waals surface area contributed by atoms with Gasteiger partial charge >= 0.3 is 0 Å². The molecule has 2 atom stereocenters. The molecule has 0 saturated carbocycles. The lowest BCUT2D eigenvalue weighted by Crippen LogP contribution is -2.42. The van der Waals surface area contributed by atoms with Crippen LogP contribution in [0, 0.1) is 0 Å². The number of rotatable bonds is 2. The Labute approximate surface area is 59.8 Å². The first-order valence-electron chi connectivity index (χ1n) is 3.38. The van der Waals surface area contributed by atoms with Gasteiger partial charge in [0.2, 0.25) is 0 Å². The Morgan fingerprint density at radius 2 is 2.30 bits per heavy atom. The van der Waals surface area contributed by atoms with E-state index in [0.29, 0.717) is 0 Å². The van der Waals surface area contributed by atoms with E-state index in [1.54, 1.807) is 7.11 Å². The number of nitrogens with one attached hydrogen (secondary N) is 1. The van der Waals surface area contributed by atoms with Crippen LogP contribution in [0.5, 0.6) is 0 Å². The summed E-state index contributed by atoms with van der Waals surface area (Å²) >= 11 is 0. The third-order valence-corrected chi connectivity index (χ3v) is 1.83. The molecule has 0 aliphatic carbocycles. The number of hydrogen-bond acceptors (Lipinski definition) is 4. The molecule has 1 heterocycles. The van der Waals surface area contributed by atoms with Crippen LogP contribution < -0.4 is 5.32 Å². The van der Waals surface area contributed by atoms with Crippen molar-refractivity contribution < 1.29 is 14.9 Å². The van der Waals surface area contributed by atoms with Gasteiger partial charge in [0.15, 0.2) is 6.29 Å². The van der Waals surface area contributed by atoms with E-state index in [1.165, 1.54) is 0 Å². The van der Waals surface area contributed by atoms with Crippen molar-refractivity contribution >= 4 is 0 Å². The Kier molecular flexibility index (Phi) is 2.62. The first-order chi connectivity index (χ1) is 4.75. The Morgan fingerprint density at radius 1 is 1.60 bits per heavy atom. The molecule has 0 amide bonds. The summed E-state index contributed by atoms with van der Waals surface area (Å²) in [6.45, 7) is 0.792. The lowest BCUT2D eigenvalue weighted by Gasteiger charge is -2.19. The smallest absolute Gasteiger partial charge is 0.169 e. The van der Waals surface area contributed by atoms with E-state index < -0.39 is 6.29 Å². The quantitative estimate of drug-likeness (QED) is 0.424. The third-order valence-electron chi connectivity index (χ3n) is 1.83. The lowest BCUT2D eigenvalue weighted by atomic mass is 10.2. The Bertz CT molecular complexity index is 107. The highest BCUT2D eigenvalue weighted by Crippen LogP contribution is 2.11. The van der Waals surface area contributed by atoms with Gasteiger partial charge in [-0.05, 0) is 13.0 Å². The largest absolute Gasteiger partial charge is 0.380 e. The van der Waals surface area contributed by atoms with Crippen LogP contribution in [0.25, 0.3) is 0 Å². The second-order valence-electron chi connectivity index (χ2n) is 2.46. The van der Waals surface area contributed by atoms with Gasteiger partial charge in [0.1, 0.15) is 0 Å². The maximum atomic E-state index is 8.77. The van der Waals surface area contributed by atoms with E-state index >= 15 is 0 Å². The molecule has 0 bridgehead atoms. The SMILES string of the molecule is COC1CCNC1C(O)O. The maximum Gasteiger partial charge on any atom is 0.169 e. The van der Waals surface area contributed by atoms with Crippen LogP contribution in [-0.2, 0) is 4.74 Å². The molecule has 1 aliphatic rings. The summed E-state index contributed by atoms with van der Waals surface area (Å²) in [7, 11) is 1.58. The highest BCUT2D eigenvalue weighted by molar-refractivity contribution is 4.85. The van der Waals surface area contributed by atoms with Crippen LogP contribution >= 0.6 is 0 Å². The van der Waals surface area contributed by atoms with Crippen LogP contribution in [0.15, 0.2) is 0 Å². The molecule has 3 N–H and O–H groups in total. The number of aliphatic hydroxyl groups is 2. The minimum Gasteiger partial charge on any atom is -0.380 e. The third kappa shape index (κ3) is 1.46. The Morgan fingerprint density at radius 3 is 2.70 bits per heavy atom. The second-order valence-corrected chi connectivity index (χ2v) is 2.46. The molecule has 0 radical (unpaired) electrons. The summed E-state index contributed by atoms with van der Waals surface area (Å²) in [6, 6.07) is -0.315. The van der Waals surface area contributed by atoms with Crippen LogP contribution in [0.4, 0.5) is 0 Å². The van der Waals surface area contributed by atoms with Crippen LogP contribution in [-0.4, -0.2) is 42.3 Å². The molecule has 1 fully saturated rings. The average molecular weight is 147 g/mol. The highest BCUT2D eigenvalue weighted by atomic mass is 16.5. The van der Waals surface area contributed by atoms with Crippen molar-refractivity contribution in [1.29, 1.82) is 0 Å². The van der Waals surface area contributed by atoms with Crippen molar-refractivity contribution in [1.82, 2.24) is 5.32 Å². The van der Waals surface area contributed by atoms with Gasteiger partial charge in [-0.25, -0.2) is 0 Å². The van der Waals surface area contributed by atoms with E-state index in [4.69, 9.17) is 14.9 Å². The lowest BCUT2D eigenvalue weighted by molar-refractivity contribution is -0.0914. The topological polar surface area (TPSA) is 61.7 Å². The summed E-state index contributed by atoms with van der Waals surface area (Å²) in [5.41, 5.74) is 0. The number of ether oxygens (including phenoxy) is 1. The first kappa shape index (κ1) is 7.94. The fourth-order valence-corrected chi connectivity index (χ4v) is 1.27. The summed E-state index contributed by atoms with van der Waals surface area (Å²) in [5.74, 6) is 0. The number of hydrogen-bond donors (Lipinski definition) is 3. The summed E-state index contributed by atoms with van der Waals surface area (Å²) in [4.78, 5) is 0. The zero-order chi connectivity index (χ0) is 7.56. The van der Waals surface area contributed by atoms with Crippen molar-refractivity contribution in [2.45, 2.75) is 24.9 Å². The molecular formula is C6H13NO3. The van der Waals surface area contributed by atoms with E-state index in [2.05, 4.69) is 5.32 Å². The van der Waals surface area contributed by atoms with Crippen molar-refractivity contribution in [2.24, 2.45) is 0 Å². The monoisotopic (exact) mass is 147 g/mol. The van der Waals surface area contributed by atoms with Gasteiger partial charge in [-0.2, -0.15) is 0 Å². The normalized spacial score (nSPS) is 33.6. The average Bonchev–Trinajstić information content (AvgIpc) is 2.33. The van der Waals surface area contributed by atoms with Crippen LogP contribution in [0.2, 0.25) is 0 Å². The molecule has 1 saturated heterocycles. The van der Waals surface area contributed by atoms with Gasteiger partial charge in [0, 0.05) is 7.11 Å². The van der Waals surface area contributed by atoms with Gasteiger partial charge < -0.3 is 20.3 Å². The summed E-state index contributed by atoms with van der Waals surface area (Å²) in [6.07, 6.45) is -0.522. The molecule has 0 aromatic carbocycles. The van der Waals surface area contributed by atoms with Crippen molar-refractivity contribution in [2.75, 3.05) is 13.7 Å². The summed E-state index contributed by atoms with van der Waals surface area (Å²) in [5, 5.41) is 20.5. The van der Waals surface area contributed by atoms with Crippen LogP contribution in [0.3, 0.4) is 0 Å². The Hall–Kier alpha value is -0.160. The van der Waals surface area contributed by atoms with Crippen molar-refractivity contribution in [3.8, 4) is 0 Å². The van der Waals surface area contributed by atoms with Gasteiger partial charge in [0.05, 0.1) is 12.1 Å². The van der Waals surface area contributed by atoms with Gasteiger partial charge in [0.25, 0.3) is 0 Å². The second kappa shape index (κ2) is 3.30. The highest BCUT2D eigenvalue weighted by Gasteiger charge is 2.31. The fourth-order valence-electron chi connectivity index (χ4n) is 1.27. The van der Waals surface area contributed by atoms with Crippen molar-refractivity contribution in [3.63, 3.8) is 0 Å². The van der Waals surface area contributed by atoms with E-state index in [-0.39, 0.29) is 12.1 Å². The van der Waals surface area contributed by atoms with Crippen LogP contribution in [0.1, 0.15) is 6.42 Å². The molecule has 1 rings (SSSR count). The molecule has 10 heavy (non-hydrogen) atoms. The molecule has 60 valence electrons. The zero-order valence-corrected chi connectivity index (χ0v) is 5.95. The van der Waals surface area contributed by atoms with Crippen molar-refractivity contribution in [3.05, 3.63) is 0 Å². The molecule has 2 unspecified atom stereocenters. The zero-order valence-electron chi connectivity index (χ0n) is 5.95. The number of aliphatic hydroxyl groups excluding tert-OH is 1. The van der Waals surface area contributed by atoms with E-state index in [9.17, 15) is 0 Å². The van der Waals surface area contributed by atoms with E-state index in [1.807, 2.05) is 0 Å². The molecule has 4 heteroatoms. The minimum absolute atomic E-state index is 0.0556. The van der Waals surface area contributed by atoms with Gasteiger partial charge in [-0.15, -0.1) is 0 Å². The predicted octanol–water partition coefficient (Wildman–Crippen LogP) is -1.33. The van der Waals surface area contributed by atoms with Gasteiger partial charge in [-0.1, -0.05) is 0 Å². The molecule has 0 spiro atoms. The standard InChI is InChI=1S/C6H13NO3/c1-10-4-2-3-7-5(4)6(8)9/h4-9H,2-3H2,1H3. The Balaban J connectivity index is 2.42. The maximum absolute atomic E-state index is 8.77. The molecular weight excluding hydrogens is 134 g/mol. The molecule has 0 aromatic rings. The molecule has 1 aliphatic heterocycles. The fraction of sp³-hybridized carbons (Fsp3) is 1.00. The molecule has 4 nitrogen and oxygen atoms in total. The number of methoxy groups -OCH3 is 1. The van der Waals surface area contributed by atoms with Gasteiger partial charge in [-0.3, -0.25) is 0 Å². The minimum atomic E-state index is -1.31. The summed E-state index contributed by atoms with van der Waals surface area (Å²) < 4.78 is 5.00. The first-order valence-corrected chi connectivity index (χ1v) is 3.38. The van der Waals surface area contributed by atoms with E-state index in [0.717, 1.165) is 13.0 Å². The predicted molar refractivity (Wildman–Crippen MR) is 35.4 cm³/mol. The molecule has 0 aromatic heterocycles.